The number of rotatable bonds is 66. The van der Waals surface area contributed by atoms with E-state index in [2.05, 4.69) is 41.5 Å². The Hall–Kier alpha value is -5.12. The van der Waals surface area contributed by atoms with Crippen LogP contribution in [0, 0.1) is 0 Å². The van der Waals surface area contributed by atoms with E-state index in [4.69, 9.17) is 96.2 Å². The molecule has 0 saturated carbocycles. The molecular formula is C76H150N2O36. The average Bonchev–Trinajstić information content (AvgIpc) is 0.973. The summed E-state index contributed by atoms with van der Waals surface area (Å²) in [5.41, 5.74) is 0. The number of aliphatic carboxylic acids is 4. The largest absolute Gasteiger partial charge is 0.550 e. The van der Waals surface area contributed by atoms with Gasteiger partial charge in [-0.15, -0.1) is 0 Å². The van der Waals surface area contributed by atoms with Crippen LogP contribution in [0.3, 0.4) is 0 Å². The number of nitrogens with one attached hydrogen (secondary N) is 2. The number of hydrogen-bond acceptors (Lipinski definition) is 34. The number of hydrogen-bond donors (Lipinski definition) is 12. The van der Waals surface area contributed by atoms with Crippen LogP contribution in [0.25, 0.3) is 0 Å². The smallest absolute Gasteiger partial charge is 0.306 e. The van der Waals surface area contributed by atoms with Crippen molar-refractivity contribution >= 4 is 47.8 Å². The van der Waals surface area contributed by atoms with Gasteiger partial charge in [-0.25, -0.2) is 0 Å². The molecule has 16 atom stereocenters. The second kappa shape index (κ2) is 81.6. The number of aliphatic hydroxyl groups is 8. The number of ether oxygens (including phenoxy) is 16. The predicted molar refractivity (Wildman–Crippen MR) is 409 cm³/mol. The number of esters is 4. The molecule has 0 bridgehead atoms. The molecule has 114 heavy (non-hydrogen) atoms. The highest BCUT2D eigenvalue weighted by Crippen LogP contribution is 2.08. The molecule has 0 fully saturated rings. The maximum absolute atomic E-state index is 11.4. The van der Waals surface area contributed by atoms with Crippen molar-refractivity contribution in [1.82, 2.24) is 0 Å². The first-order chi connectivity index (χ1) is 53.5. The molecule has 0 rings (SSSR count). The minimum absolute atomic E-state index is 0.0992. The molecule has 0 aromatic heterocycles. The van der Waals surface area contributed by atoms with Crippen LogP contribution in [0.1, 0.15) is 176 Å². The van der Waals surface area contributed by atoms with Crippen molar-refractivity contribution in [2.45, 2.75) is 274 Å². The van der Waals surface area contributed by atoms with Gasteiger partial charge in [0.2, 0.25) is 0 Å². The molecule has 0 spiro atoms. The highest BCUT2D eigenvalue weighted by Gasteiger charge is 2.21. The zero-order valence-electron chi connectivity index (χ0n) is 71.4. The van der Waals surface area contributed by atoms with Gasteiger partial charge in [0.1, 0.15) is 48.8 Å². The topological polar surface area (TPSA) is 542 Å². The summed E-state index contributed by atoms with van der Waals surface area (Å²) >= 11 is 0. The first kappa shape index (κ1) is 120. The summed E-state index contributed by atoms with van der Waals surface area (Å²) in [5.74, 6) is -7.20. The van der Waals surface area contributed by atoms with Gasteiger partial charge in [0.15, 0.2) is 0 Å². The second-order valence-corrected chi connectivity index (χ2v) is 27.3. The molecule has 16 unspecified atom stereocenters. The molecule has 0 saturated heterocycles. The molecular weight excluding hydrogens is 1520 g/mol. The van der Waals surface area contributed by atoms with E-state index < -0.39 is 145 Å². The highest BCUT2D eigenvalue weighted by molar-refractivity contribution is 5.78. The average molecular weight is 1670 g/mol. The second-order valence-electron chi connectivity index (χ2n) is 27.3. The van der Waals surface area contributed by atoms with Gasteiger partial charge >= 0.3 is 35.8 Å². The lowest BCUT2D eigenvalue weighted by atomic mass is 10.3. The normalized spacial score (nSPS) is 15.3. The molecule has 0 amide bonds. The monoisotopic (exact) mass is 1670 g/mol. The van der Waals surface area contributed by atoms with Crippen molar-refractivity contribution in [3.8, 4) is 0 Å². The lowest BCUT2D eigenvalue weighted by Crippen LogP contribution is -3.11. The Balaban J connectivity index is -0.000000322. The Kier molecular flexibility index (Phi) is 85.7. The molecule has 0 aliphatic heterocycles. The maximum Gasteiger partial charge on any atom is 0.306 e. The van der Waals surface area contributed by atoms with Crippen LogP contribution in [0.5, 0.6) is 0 Å². The molecule has 0 radical (unpaired) electrons. The first-order valence-electron chi connectivity index (χ1n) is 39.3. The molecule has 680 valence electrons. The van der Waals surface area contributed by atoms with Crippen molar-refractivity contribution in [1.29, 1.82) is 0 Å². The van der Waals surface area contributed by atoms with E-state index in [1.807, 2.05) is 0 Å². The zero-order valence-corrected chi connectivity index (χ0v) is 71.4. The van der Waals surface area contributed by atoms with Crippen molar-refractivity contribution in [3.63, 3.8) is 0 Å². The van der Waals surface area contributed by atoms with E-state index >= 15 is 0 Å². The number of carboxylic acid groups (broad SMARTS) is 4. The minimum atomic E-state index is -1.31. The summed E-state index contributed by atoms with van der Waals surface area (Å²) in [4.78, 5) is 90.2. The van der Waals surface area contributed by atoms with Crippen LogP contribution in [-0.2, 0) is 114 Å². The molecule has 0 aliphatic rings. The number of carbonyl (C=O) groups is 8. The molecule has 0 aromatic carbocycles. The van der Waals surface area contributed by atoms with Crippen molar-refractivity contribution in [2.75, 3.05) is 171 Å². The van der Waals surface area contributed by atoms with Crippen LogP contribution in [0.15, 0.2) is 0 Å². The van der Waals surface area contributed by atoms with Crippen LogP contribution < -0.4 is 20.0 Å². The van der Waals surface area contributed by atoms with Gasteiger partial charge < -0.3 is 156 Å². The van der Waals surface area contributed by atoms with E-state index in [1.165, 1.54) is 39.3 Å². The number of aliphatic hydroxyl groups excluding tert-OH is 8. The molecule has 0 aliphatic carbocycles. The fourth-order valence-electron chi connectivity index (χ4n) is 8.22. The van der Waals surface area contributed by atoms with Gasteiger partial charge in [0.05, 0.1) is 259 Å². The van der Waals surface area contributed by atoms with Crippen LogP contribution in [-0.4, -0.2) is 368 Å². The third-order valence-corrected chi connectivity index (χ3v) is 14.1. The van der Waals surface area contributed by atoms with Crippen molar-refractivity contribution < 1.29 is 185 Å². The number of quaternary nitrogens is 2. The van der Waals surface area contributed by atoms with Gasteiger partial charge in [0.25, 0.3) is 0 Å². The summed E-state index contributed by atoms with van der Waals surface area (Å²) in [7, 11) is 0. The van der Waals surface area contributed by atoms with Crippen LogP contribution in [0.2, 0.25) is 0 Å². The van der Waals surface area contributed by atoms with Gasteiger partial charge in [-0.05, 0) is 137 Å². The Morgan fingerprint density at radius 1 is 0.246 bits per heavy atom. The SMILES string of the molecule is CC(O)COCC(COCC(C)OC(=O)CCC(=O)O)OCC(C)O.CC(O)COCC(COCC(C)OC(=O)CCC(=O)O)OCC(C)O.CC(O)COCC(COCC(C)OC(=O)CCC(=O)[O-])OCC(C)O.CC(O)COCC(COCC(C)OC(=O)CCC(=O)[O-])OCC(C)O.CC[NH+](CC)CC.CC[NH+](CC)CC. The summed E-state index contributed by atoms with van der Waals surface area (Å²) in [6.45, 7) is 43.1. The minimum Gasteiger partial charge on any atom is -0.550 e. The van der Waals surface area contributed by atoms with E-state index in [1.54, 1.807) is 92.9 Å². The van der Waals surface area contributed by atoms with Crippen molar-refractivity contribution in [2.24, 2.45) is 0 Å². The standard InChI is InChI=1S/4C16H30O9.2C6H15N/c4*1-11(17)6-22-9-14(24-7-12(2)18)10-23-8-13(3)25-16(21)5-4-15(19)20;2*1-4-7(5-2)6-3/h4*11-14,17-18H,4-10H2,1-3H3,(H,19,20);2*4-6H2,1-3H3. The van der Waals surface area contributed by atoms with E-state index in [0.29, 0.717) is 0 Å². The van der Waals surface area contributed by atoms with Crippen molar-refractivity contribution in [3.05, 3.63) is 0 Å². The Bertz CT molecular complexity index is 1960. The molecule has 12 N–H and O–H groups in total. The van der Waals surface area contributed by atoms with E-state index in [9.17, 15) is 79.2 Å². The van der Waals surface area contributed by atoms with Gasteiger partial charge in [-0.1, -0.05) is 0 Å². The van der Waals surface area contributed by atoms with Gasteiger partial charge in [0, 0.05) is 11.9 Å². The quantitative estimate of drug-likeness (QED) is 0.0214. The number of carboxylic acids is 4. The zero-order chi connectivity index (χ0) is 88.4. The maximum atomic E-state index is 11.4. The third-order valence-electron chi connectivity index (χ3n) is 14.1. The summed E-state index contributed by atoms with van der Waals surface area (Å²) in [6.07, 6.45) is -11.1. The molecule has 0 heterocycles. The Labute approximate surface area is 675 Å². The Morgan fingerprint density at radius 3 is 0.535 bits per heavy atom. The van der Waals surface area contributed by atoms with Crippen LogP contribution >= 0.6 is 0 Å². The molecule has 38 nitrogen and oxygen atoms in total. The summed E-state index contributed by atoms with van der Waals surface area (Å²) < 4.78 is 84.7. The van der Waals surface area contributed by atoms with Gasteiger partial charge in [-0.2, -0.15) is 0 Å². The first-order valence-corrected chi connectivity index (χ1v) is 39.3. The number of carbonyl (C=O) groups excluding carboxylic acids is 6. The summed E-state index contributed by atoms with van der Waals surface area (Å²) in [6, 6.07) is 0. The van der Waals surface area contributed by atoms with E-state index in [-0.39, 0.29) is 184 Å². The van der Waals surface area contributed by atoms with Crippen LogP contribution in [0.4, 0.5) is 0 Å². The Morgan fingerprint density at radius 2 is 0.404 bits per heavy atom. The lowest BCUT2D eigenvalue weighted by molar-refractivity contribution is -0.894. The fraction of sp³-hybridized carbons (Fsp3) is 0.895. The molecule has 38 heteroatoms. The predicted octanol–water partition coefficient (Wildman–Crippen LogP) is -2.96. The van der Waals surface area contributed by atoms with Gasteiger partial charge in [-0.3, -0.25) is 28.8 Å². The van der Waals surface area contributed by atoms with E-state index in [0.717, 1.165) is 0 Å². The summed E-state index contributed by atoms with van der Waals surface area (Å²) in [5, 5.41) is 111. The fourth-order valence-corrected chi connectivity index (χ4v) is 8.22. The molecule has 0 aromatic rings. The highest BCUT2D eigenvalue weighted by atomic mass is 16.6. The third kappa shape index (κ3) is 97.5. The lowest BCUT2D eigenvalue weighted by Gasteiger charge is -2.21.